The van der Waals surface area contributed by atoms with Gasteiger partial charge in [0.05, 0.1) is 16.8 Å². The second kappa shape index (κ2) is 6.67. The third-order valence-electron chi connectivity index (χ3n) is 4.63. The van der Waals surface area contributed by atoms with E-state index in [0.717, 1.165) is 18.3 Å². The molecule has 1 N–H and O–H groups in total. The number of fused-ring (bicyclic) bond motifs is 1. The number of anilines is 2. The molecule has 0 unspecified atom stereocenters. The highest BCUT2D eigenvalue weighted by Gasteiger charge is 2.48. The van der Waals surface area contributed by atoms with Crippen LogP contribution in [0.1, 0.15) is 29.8 Å². The number of rotatable bonds is 2. The predicted octanol–water partition coefficient (Wildman–Crippen LogP) is 4.89. The lowest BCUT2D eigenvalue weighted by atomic mass is 9.83. The zero-order valence-electron chi connectivity index (χ0n) is 14.5. The second-order valence-electron chi connectivity index (χ2n) is 6.80. The minimum absolute atomic E-state index is 0.0623. The molecule has 2 aromatic rings. The predicted molar refractivity (Wildman–Crippen MR) is 100.0 cm³/mol. The maximum atomic E-state index is 13.2. The molecule has 4 nitrogen and oxygen atoms in total. The highest BCUT2D eigenvalue weighted by atomic mass is 79.9. The van der Waals surface area contributed by atoms with Crippen LogP contribution in [0.15, 0.2) is 46.9 Å². The van der Waals surface area contributed by atoms with E-state index in [-0.39, 0.29) is 23.6 Å². The van der Waals surface area contributed by atoms with Crippen molar-refractivity contribution in [3.63, 3.8) is 0 Å². The van der Waals surface area contributed by atoms with Crippen molar-refractivity contribution in [2.24, 2.45) is 0 Å². The number of nitrogens with zero attached hydrogens (tertiary/aromatic N) is 1. The Morgan fingerprint density at radius 2 is 1.74 bits per heavy atom. The highest BCUT2D eigenvalue weighted by Crippen LogP contribution is 2.40. The molecule has 0 aromatic heterocycles. The summed E-state index contributed by atoms with van der Waals surface area (Å²) in [6, 6.07) is 10.4. The molecule has 1 aliphatic rings. The molecular weight excluding hydrogens is 425 g/mol. The lowest BCUT2D eigenvalue weighted by Crippen LogP contribution is -2.42. The number of halogens is 4. The number of carbonyl (C=O) groups is 2. The average molecular weight is 441 g/mol. The first-order valence-corrected chi connectivity index (χ1v) is 8.88. The molecule has 0 aliphatic carbocycles. The molecule has 8 heteroatoms. The fourth-order valence-electron chi connectivity index (χ4n) is 2.79. The summed E-state index contributed by atoms with van der Waals surface area (Å²) in [5.41, 5.74) is -0.739. The summed E-state index contributed by atoms with van der Waals surface area (Å²) >= 11 is 3.31. The van der Waals surface area contributed by atoms with Gasteiger partial charge >= 0.3 is 6.18 Å². The van der Waals surface area contributed by atoms with Crippen molar-refractivity contribution < 1.29 is 22.8 Å². The maximum Gasteiger partial charge on any atom is 0.397 e. The van der Waals surface area contributed by atoms with E-state index in [1.165, 1.54) is 29.2 Å². The number of benzene rings is 2. The van der Waals surface area contributed by atoms with Crippen LogP contribution in [0.25, 0.3) is 0 Å². The van der Waals surface area contributed by atoms with Gasteiger partial charge in [0.2, 0.25) is 5.91 Å². The van der Waals surface area contributed by atoms with Crippen LogP contribution in [0.5, 0.6) is 0 Å². The average Bonchev–Trinajstić information content (AvgIpc) is 2.59. The Hall–Kier alpha value is -2.35. The molecule has 27 heavy (non-hydrogen) atoms. The summed E-state index contributed by atoms with van der Waals surface area (Å²) in [5, 5.41) is 2.69. The molecule has 0 saturated heterocycles. The lowest BCUT2D eigenvalue weighted by Gasteiger charge is -2.30. The number of carbonyl (C=O) groups excluding carboxylic acids is 2. The van der Waals surface area contributed by atoms with Crippen LogP contribution in [0.2, 0.25) is 0 Å². The topological polar surface area (TPSA) is 49.4 Å². The molecule has 3 rings (SSSR count). The quantitative estimate of drug-likeness (QED) is 0.722. The molecule has 1 heterocycles. The Morgan fingerprint density at radius 1 is 1.11 bits per heavy atom. The summed E-state index contributed by atoms with van der Waals surface area (Å²) in [5.74, 6) is -0.798. The fraction of sp³-hybridized carbons (Fsp3) is 0.263. The standard InChI is InChI=1S/C19H16BrF3N2O2/c1-18(2,19(21,22)23)12-5-3-11(4-6-12)17(27)25-10-16(26)24-14-9-13(20)7-8-15(14)25/h3-9H,10H2,1-2H3,(H,24,26). The Labute approximate surface area is 162 Å². The molecule has 0 saturated carbocycles. The van der Waals surface area contributed by atoms with Gasteiger partial charge in [-0.05, 0) is 49.7 Å². The van der Waals surface area contributed by atoms with Gasteiger partial charge in [-0.1, -0.05) is 28.1 Å². The Bertz CT molecular complexity index is 908. The van der Waals surface area contributed by atoms with Crippen LogP contribution < -0.4 is 10.2 Å². The van der Waals surface area contributed by atoms with Crippen LogP contribution in [-0.2, 0) is 10.2 Å². The largest absolute Gasteiger partial charge is 0.397 e. The van der Waals surface area contributed by atoms with Crippen LogP contribution in [0.4, 0.5) is 24.5 Å². The molecule has 1 aliphatic heterocycles. The van der Waals surface area contributed by atoms with E-state index in [1.54, 1.807) is 18.2 Å². The highest BCUT2D eigenvalue weighted by molar-refractivity contribution is 9.10. The fourth-order valence-corrected chi connectivity index (χ4v) is 3.15. The first-order valence-electron chi connectivity index (χ1n) is 8.09. The summed E-state index contributed by atoms with van der Waals surface area (Å²) in [4.78, 5) is 26.1. The van der Waals surface area contributed by atoms with Gasteiger partial charge in [0, 0.05) is 10.0 Å². The van der Waals surface area contributed by atoms with Gasteiger partial charge in [0.1, 0.15) is 6.54 Å². The van der Waals surface area contributed by atoms with Gasteiger partial charge in [0.25, 0.3) is 5.91 Å². The van der Waals surface area contributed by atoms with E-state index in [1.807, 2.05) is 0 Å². The molecule has 0 radical (unpaired) electrons. The van der Waals surface area contributed by atoms with Gasteiger partial charge < -0.3 is 5.32 Å². The number of nitrogens with one attached hydrogen (secondary N) is 1. The van der Waals surface area contributed by atoms with E-state index in [9.17, 15) is 22.8 Å². The molecule has 0 spiro atoms. The SMILES string of the molecule is CC(C)(c1ccc(C(=O)N2CC(=O)Nc3cc(Br)ccc32)cc1)C(F)(F)F. The van der Waals surface area contributed by atoms with Crippen molar-refractivity contribution in [3.8, 4) is 0 Å². The smallest absolute Gasteiger partial charge is 0.323 e. The number of alkyl halides is 3. The molecular formula is C19H16BrF3N2O2. The minimum Gasteiger partial charge on any atom is -0.323 e. The van der Waals surface area contributed by atoms with Crippen LogP contribution in [0, 0.1) is 0 Å². The van der Waals surface area contributed by atoms with Crippen molar-refractivity contribution in [3.05, 3.63) is 58.1 Å². The maximum absolute atomic E-state index is 13.2. The molecule has 0 fully saturated rings. The number of hydrogen-bond acceptors (Lipinski definition) is 2. The van der Waals surface area contributed by atoms with Crippen LogP contribution in [-0.4, -0.2) is 24.5 Å². The zero-order valence-corrected chi connectivity index (χ0v) is 16.1. The third kappa shape index (κ3) is 3.58. The zero-order chi connectivity index (χ0) is 20.0. The Balaban J connectivity index is 1.92. The van der Waals surface area contributed by atoms with Crippen molar-refractivity contribution in [2.75, 3.05) is 16.8 Å². The van der Waals surface area contributed by atoms with Gasteiger partial charge in [-0.2, -0.15) is 13.2 Å². The summed E-state index contributed by atoms with van der Waals surface area (Å²) in [6.07, 6.45) is -4.41. The van der Waals surface area contributed by atoms with Crippen molar-refractivity contribution in [1.29, 1.82) is 0 Å². The lowest BCUT2D eigenvalue weighted by molar-refractivity contribution is -0.180. The normalized spacial score (nSPS) is 14.6. The van der Waals surface area contributed by atoms with Crippen molar-refractivity contribution in [2.45, 2.75) is 25.4 Å². The summed E-state index contributed by atoms with van der Waals surface area (Å²) in [7, 11) is 0. The van der Waals surface area contributed by atoms with E-state index in [2.05, 4.69) is 21.2 Å². The molecule has 0 bridgehead atoms. The third-order valence-corrected chi connectivity index (χ3v) is 5.13. The first-order chi connectivity index (χ1) is 12.5. The van der Waals surface area contributed by atoms with E-state index in [0.29, 0.717) is 11.4 Å². The minimum atomic E-state index is -4.41. The molecule has 2 aromatic carbocycles. The monoisotopic (exact) mass is 440 g/mol. The second-order valence-corrected chi connectivity index (χ2v) is 7.72. The van der Waals surface area contributed by atoms with Gasteiger partial charge in [-0.15, -0.1) is 0 Å². The summed E-state index contributed by atoms with van der Waals surface area (Å²) < 4.78 is 40.3. The number of hydrogen-bond donors (Lipinski definition) is 1. The van der Waals surface area contributed by atoms with E-state index in [4.69, 9.17) is 0 Å². The van der Waals surface area contributed by atoms with Crippen molar-refractivity contribution in [1.82, 2.24) is 0 Å². The Morgan fingerprint density at radius 3 is 2.33 bits per heavy atom. The van der Waals surface area contributed by atoms with Crippen LogP contribution >= 0.6 is 15.9 Å². The molecule has 2 amide bonds. The molecule has 0 atom stereocenters. The van der Waals surface area contributed by atoms with E-state index >= 15 is 0 Å². The van der Waals surface area contributed by atoms with Gasteiger partial charge in [0.15, 0.2) is 0 Å². The summed E-state index contributed by atoms with van der Waals surface area (Å²) in [6.45, 7) is 2.02. The van der Waals surface area contributed by atoms with E-state index < -0.39 is 17.5 Å². The van der Waals surface area contributed by atoms with Crippen LogP contribution in [0.3, 0.4) is 0 Å². The number of amides is 2. The van der Waals surface area contributed by atoms with Gasteiger partial charge in [-0.25, -0.2) is 0 Å². The first kappa shape index (κ1) is 19.4. The Kier molecular flexibility index (Phi) is 4.80. The van der Waals surface area contributed by atoms with Gasteiger partial charge in [-0.3, -0.25) is 14.5 Å². The van der Waals surface area contributed by atoms with Crippen molar-refractivity contribution >= 4 is 39.1 Å². The molecule has 142 valence electrons.